The van der Waals surface area contributed by atoms with Gasteiger partial charge in [-0.05, 0) is 53.4 Å². The average molecular weight is 497 g/mol. The van der Waals surface area contributed by atoms with Crippen LogP contribution in [0.5, 0.6) is 0 Å². The molecule has 0 bridgehead atoms. The van der Waals surface area contributed by atoms with Crippen LogP contribution in [0.2, 0.25) is 5.04 Å². The number of carboxylic acid groups (broad SMARTS) is 2. The molecular formula is C29H40O5Si. The van der Waals surface area contributed by atoms with Gasteiger partial charge in [0.2, 0.25) is 0 Å². The molecule has 1 fully saturated rings. The average Bonchev–Trinajstić information content (AvgIpc) is 2.83. The van der Waals surface area contributed by atoms with Crippen molar-refractivity contribution in [3.05, 3.63) is 60.7 Å². The molecule has 1 atom stereocenters. The third kappa shape index (κ3) is 5.70. The molecule has 1 aliphatic rings. The van der Waals surface area contributed by atoms with Crippen molar-refractivity contribution in [2.45, 2.75) is 83.8 Å². The molecule has 1 aliphatic carbocycles. The van der Waals surface area contributed by atoms with Crippen LogP contribution in [0.3, 0.4) is 0 Å². The fraction of sp³-hybridized carbons (Fsp3) is 0.517. The van der Waals surface area contributed by atoms with Gasteiger partial charge in [0.15, 0.2) is 5.92 Å². The maximum absolute atomic E-state index is 11.6. The topological polar surface area (TPSA) is 83.8 Å². The van der Waals surface area contributed by atoms with Gasteiger partial charge in [-0.3, -0.25) is 9.59 Å². The Labute approximate surface area is 210 Å². The molecule has 1 unspecified atom stereocenters. The van der Waals surface area contributed by atoms with Gasteiger partial charge in [-0.15, -0.1) is 0 Å². The SMILES string of the molecule is CC(O[Si](c1ccccc1)(c1ccccc1)C(C)(C)C)C1(CCC(C(=O)O)C(=O)O)CCCCC1. The molecular weight excluding hydrogens is 456 g/mol. The highest BCUT2D eigenvalue weighted by atomic mass is 28.4. The molecule has 190 valence electrons. The Morgan fingerprint density at radius 2 is 1.34 bits per heavy atom. The van der Waals surface area contributed by atoms with E-state index >= 15 is 0 Å². The van der Waals surface area contributed by atoms with Crippen LogP contribution < -0.4 is 10.4 Å². The van der Waals surface area contributed by atoms with Gasteiger partial charge in [-0.2, -0.15) is 0 Å². The number of aliphatic carboxylic acids is 2. The summed E-state index contributed by atoms with van der Waals surface area (Å²) in [5.74, 6) is -3.90. The van der Waals surface area contributed by atoms with Crippen molar-refractivity contribution in [1.29, 1.82) is 0 Å². The van der Waals surface area contributed by atoms with E-state index in [2.05, 4.69) is 76.2 Å². The van der Waals surface area contributed by atoms with Gasteiger partial charge >= 0.3 is 11.9 Å². The minimum atomic E-state index is -2.78. The van der Waals surface area contributed by atoms with Gasteiger partial charge in [-0.25, -0.2) is 0 Å². The molecule has 2 aromatic carbocycles. The summed E-state index contributed by atoms with van der Waals surface area (Å²) in [6.07, 6.45) is 5.64. The molecule has 0 aromatic heterocycles. The van der Waals surface area contributed by atoms with E-state index in [4.69, 9.17) is 4.43 Å². The van der Waals surface area contributed by atoms with E-state index < -0.39 is 26.2 Å². The molecule has 6 heteroatoms. The Morgan fingerprint density at radius 1 is 0.886 bits per heavy atom. The van der Waals surface area contributed by atoms with Crippen molar-refractivity contribution in [2.75, 3.05) is 0 Å². The minimum absolute atomic E-state index is 0.124. The number of hydrogen-bond acceptors (Lipinski definition) is 3. The quantitative estimate of drug-likeness (QED) is 0.337. The predicted octanol–water partition coefficient (Wildman–Crippen LogP) is 5.47. The lowest BCUT2D eigenvalue weighted by Gasteiger charge is -2.50. The van der Waals surface area contributed by atoms with E-state index in [1.54, 1.807) is 0 Å². The number of carbonyl (C=O) groups is 2. The maximum Gasteiger partial charge on any atom is 0.317 e. The molecule has 0 amide bonds. The van der Waals surface area contributed by atoms with Crippen molar-refractivity contribution >= 4 is 30.6 Å². The predicted molar refractivity (Wildman–Crippen MR) is 142 cm³/mol. The third-order valence-electron chi connectivity index (χ3n) is 8.01. The van der Waals surface area contributed by atoms with E-state index in [-0.39, 0.29) is 23.0 Å². The van der Waals surface area contributed by atoms with Gasteiger partial charge in [0.1, 0.15) is 0 Å². The highest BCUT2D eigenvalue weighted by Gasteiger charge is 2.53. The molecule has 2 aromatic rings. The summed E-state index contributed by atoms with van der Waals surface area (Å²) < 4.78 is 7.41. The Bertz CT molecular complexity index is 924. The van der Waals surface area contributed by atoms with Crippen LogP contribution in [-0.4, -0.2) is 36.6 Å². The Balaban J connectivity index is 2.06. The molecule has 0 spiro atoms. The summed E-state index contributed by atoms with van der Waals surface area (Å²) in [6.45, 7) is 8.90. The van der Waals surface area contributed by atoms with E-state index in [0.29, 0.717) is 6.42 Å². The number of carboxylic acids is 2. The molecule has 0 aliphatic heterocycles. The molecule has 1 saturated carbocycles. The van der Waals surface area contributed by atoms with Crippen molar-refractivity contribution in [1.82, 2.24) is 0 Å². The second-order valence-corrected chi connectivity index (χ2v) is 15.4. The minimum Gasteiger partial charge on any atom is -0.481 e. The summed E-state index contributed by atoms with van der Waals surface area (Å²) >= 11 is 0. The van der Waals surface area contributed by atoms with Crippen molar-refractivity contribution in [3.8, 4) is 0 Å². The number of rotatable bonds is 10. The van der Waals surface area contributed by atoms with E-state index in [9.17, 15) is 19.8 Å². The van der Waals surface area contributed by atoms with Crippen LogP contribution in [-0.2, 0) is 14.0 Å². The fourth-order valence-electron chi connectivity index (χ4n) is 5.98. The maximum atomic E-state index is 11.6. The van der Waals surface area contributed by atoms with Crippen LogP contribution in [0.1, 0.15) is 72.6 Å². The molecule has 35 heavy (non-hydrogen) atoms. The lowest BCUT2D eigenvalue weighted by atomic mass is 9.67. The van der Waals surface area contributed by atoms with Gasteiger partial charge in [0, 0.05) is 6.10 Å². The molecule has 0 heterocycles. The van der Waals surface area contributed by atoms with Gasteiger partial charge in [0.25, 0.3) is 8.32 Å². The number of hydrogen-bond donors (Lipinski definition) is 2. The first-order valence-corrected chi connectivity index (χ1v) is 14.7. The van der Waals surface area contributed by atoms with Gasteiger partial charge in [-0.1, -0.05) is 101 Å². The van der Waals surface area contributed by atoms with Crippen LogP contribution in [0.25, 0.3) is 0 Å². The normalized spacial score (nSPS) is 17.2. The van der Waals surface area contributed by atoms with E-state index in [1.807, 2.05) is 12.1 Å². The fourth-order valence-corrected chi connectivity index (χ4v) is 10.8. The van der Waals surface area contributed by atoms with Crippen LogP contribution >= 0.6 is 0 Å². The highest BCUT2D eigenvalue weighted by Crippen LogP contribution is 2.48. The van der Waals surface area contributed by atoms with Crippen molar-refractivity contribution in [2.24, 2.45) is 11.3 Å². The molecule has 2 N–H and O–H groups in total. The zero-order valence-corrected chi connectivity index (χ0v) is 22.5. The first kappa shape index (κ1) is 27.1. The lowest BCUT2D eigenvalue weighted by Crippen LogP contribution is -2.68. The Hall–Kier alpha value is -2.44. The van der Waals surface area contributed by atoms with Crippen LogP contribution in [0.4, 0.5) is 0 Å². The van der Waals surface area contributed by atoms with Crippen LogP contribution in [0, 0.1) is 11.3 Å². The lowest BCUT2D eigenvalue weighted by molar-refractivity contribution is -0.155. The monoisotopic (exact) mass is 496 g/mol. The first-order chi connectivity index (χ1) is 16.5. The van der Waals surface area contributed by atoms with Crippen LogP contribution in [0.15, 0.2) is 60.7 Å². The largest absolute Gasteiger partial charge is 0.481 e. The molecule has 0 saturated heterocycles. The summed E-state index contributed by atoms with van der Waals surface area (Å²) in [5, 5.41) is 21.2. The summed E-state index contributed by atoms with van der Waals surface area (Å²) in [4.78, 5) is 23.2. The third-order valence-corrected chi connectivity index (χ3v) is 13.1. The van der Waals surface area contributed by atoms with Gasteiger partial charge < -0.3 is 14.6 Å². The van der Waals surface area contributed by atoms with Crippen molar-refractivity contribution in [3.63, 3.8) is 0 Å². The standard InChI is InChI=1S/C29H40O5Si/c1-22(29(19-12-7-13-20-29)21-18-25(26(30)31)27(32)33)34-35(28(2,3)4,23-14-8-5-9-15-23)24-16-10-6-11-17-24/h5-6,8-11,14-17,22,25H,7,12-13,18-21H2,1-4H3,(H,30,31)(H,32,33). The summed E-state index contributed by atoms with van der Waals surface area (Å²) in [6, 6.07) is 21.0. The summed E-state index contributed by atoms with van der Waals surface area (Å²) in [5.41, 5.74) is -0.242. The summed E-state index contributed by atoms with van der Waals surface area (Å²) in [7, 11) is -2.78. The Kier molecular flexibility index (Phi) is 8.60. The zero-order valence-electron chi connectivity index (χ0n) is 21.5. The number of benzene rings is 2. The van der Waals surface area contributed by atoms with Crippen molar-refractivity contribution < 1.29 is 24.2 Å². The first-order valence-electron chi connectivity index (χ1n) is 12.8. The zero-order chi connectivity index (χ0) is 25.7. The van der Waals surface area contributed by atoms with E-state index in [1.165, 1.54) is 10.4 Å². The highest BCUT2D eigenvalue weighted by molar-refractivity contribution is 6.99. The molecule has 0 radical (unpaired) electrons. The molecule has 3 rings (SSSR count). The second kappa shape index (κ2) is 11.1. The van der Waals surface area contributed by atoms with E-state index in [0.717, 1.165) is 32.1 Å². The van der Waals surface area contributed by atoms with Gasteiger partial charge in [0.05, 0.1) is 0 Å². The smallest absolute Gasteiger partial charge is 0.317 e. The second-order valence-electron chi connectivity index (χ2n) is 11.1. The molecule has 5 nitrogen and oxygen atoms in total. The Morgan fingerprint density at radius 3 is 1.74 bits per heavy atom.